The number of imidazole rings is 1. The van der Waals surface area contributed by atoms with Gasteiger partial charge >= 0.3 is 0 Å². The zero-order chi connectivity index (χ0) is 56.6. The Hall–Kier alpha value is -8.80. The molecule has 0 amide bonds. The second-order valence-corrected chi connectivity index (χ2v) is 19.1. The third-order valence-corrected chi connectivity index (χ3v) is 14.3. The standard InChI is InChI=1S/C66H50N4O/c1-65(2)55-30-14-15-31-56(55)66(3,4)58-42-62-61(41-57(58)65)68(43-69(62)64-51(45-22-10-6-11-23-45)28-19-29-52(64)46-24-12-7-13-25-46)48-26-18-27-49(39-48)71-50-34-35-53-54-38-47(44-20-8-5-9-21-44)33-36-59(54)70(60(53)40-50)63-32-16-17-37-67-63/h5-42H,1-4H3/i6D,7D,10D,11D,12D,13D,22D,23D,24D,25D. The second-order valence-electron chi connectivity index (χ2n) is 19.1. The molecule has 0 saturated heterocycles. The van der Waals surface area contributed by atoms with E-state index < -0.39 is 71.3 Å². The molecule has 0 bridgehead atoms. The van der Waals surface area contributed by atoms with Gasteiger partial charge < -0.3 is 4.74 Å². The van der Waals surface area contributed by atoms with Gasteiger partial charge in [-0.3, -0.25) is 13.7 Å². The molecule has 340 valence electrons. The number of hydrogen-bond acceptors (Lipinski definition) is 2. The Morgan fingerprint density at radius 2 is 1.14 bits per heavy atom. The van der Waals surface area contributed by atoms with Crippen molar-refractivity contribution in [3.63, 3.8) is 0 Å². The van der Waals surface area contributed by atoms with Gasteiger partial charge in [-0.05, 0) is 122 Å². The topological polar surface area (TPSA) is 35.9 Å². The molecule has 5 heteroatoms. The molecule has 0 saturated carbocycles. The average molecular weight is 925 g/mol. The number of aromatic nitrogens is 4. The highest BCUT2D eigenvalue weighted by Gasteiger charge is 2.42. The molecule has 71 heavy (non-hydrogen) atoms. The summed E-state index contributed by atoms with van der Waals surface area (Å²) < 4.78 is 102. The van der Waals surface area contributed by atoms with Crippen LogP contribution in [0.15, 0.2) is 230 Å². The Balaban J connectivity index is 1.05. The predicted molar refractivity (Wildman–Crippen MR) is 289 cm³/mol. The van der Waals surface area contributed by atoms with E-state index in [0.717, 1.165) is 55.4 Å². The molecule has 0 N–H and O–H groups in total. The van der Waals surface area contributed by atoms with Gasteiger partial charge in [0.25, 0.3) is 6.33 Å². The van der Waals surface area contributed by atoms with E-state index in [1.165, 1.54) is 5.56 Å². The molecule has 0 unspecified atom stereocenters. The fourth-order valence-corrected chi connectivity index (χ4v) is 10.8. The first-order valence-electron chi connectivity index (χ1n) is 28.6. The van der Waals surface area contributed by atoms with E-state index in [1.54, 1.807) is 29.0 Å². The largest absolute Gasteiger partial charge is 0.458 e. The van der Waals surface area contributed by atoms with E-state index in [-0.39, 0.29) is 27.9 Å². The summed E-state index contributed by atoms with van der Waals surface area (Å²) in [6, 6.07) is 48.6. The number of pyridine rings is 1. The molecular formula is C66H50N4O. The van der Waals surface area contributed by atoms with Crippen molar-refractivity contribution in [2.45, 2.75) is 38.5 Å². The molecule has 12 aromatic rings. The monoisotopic (exact) mass is 924 g/mol. The number of rotatable bonds is 8. The van der Waals surface area contributed by atoms with Gasteiger partial charge in [0.1, 0.15) is 17.3 Å². The Bertz CT molecular complexity index is 4480. The Morgan fingerprint density at radius 1 is 0.493 bits per heavy atom. The van der Waals surface area contributed by atoms with E-state index in [2.05, 4.69) is 105 Å². The maximum Gasteiger partial charge on any atom is 0.269 e. The van der Waals surface area contributed by atoms with E-state index in [4.69, 9.17) is 17.9 Å². The highest BCUT2D eigenvalue weighted by Crippen LogP contribution is 2.51. The molecule has 9 aromatic carbocycles. The maximum atomic E-state index is 9.29. The van der Waals surface area contributed by atoms with Crippen LogP contribution in [0.25, 0.3) is 83.4 Å². The lowest BCUT2D eigenvalue weighted by Gasteiger charge is -2.44. The average Bonchev–Trinajstić information content (AvgIpc) is 3.98. The zero-order valence-electron chi connectivity index (χ0n) is 49.4. The van der Waals surface area contributed by atoms with Crippen molar-refractivity contribution in [3.8, 4) is 62.1 Å². The number of ether oxygens (including phenoxy) is 1. The van der Waals surface area contributed by atoms with Gasteiger partial charge in [0, 0.05) is 33.9 Å². The van der Waals surface area contributed by atoms with Crippen LogP contribution in [0.4, 0.5) is 0 Å². The van der Waals surface area contributed by atoms with Gasteiger partial charge in [-0.15, -0.1) is 0 Å². The SMILES string of the molecule is [2H]c1c([2H])c([2H])c(-c2cccc(-c3c([2H])c([2H])c([2H])c([2H])c3[2H])c2-[n+]2[c-]n(-c3cccc(Oc4ccc5c6cc(-c7ccccc7)ccc6n(-c6ccccn6)c5c4)c3)c3cc4c(cc32)C(C)(C)c2ccccc2C4(C)C)c([2H])c1[2H]. The number of benzene rings is 9. The first kappa shape index (κ1) is 32.9. The van der Waals surface area contributed by atoms with Crippen molar-refractivity contribution in [1.82, 2.24) is 14.1 Å². The normalized spacial score (nSPS) is 15.5. The van der Waals surface area contributed by atoms with Gasteiger partial charge in [0.2, 0.25) is 0 Å². The van der Waals surface area contributed by atoms with Crippen LogP contribution in [-0.2, 0) is 10.8 Å². The van der Waals surface area contributed by atoms with Crippen LogP contribution in [0.5, 0.6) is 11.5 Å². The first-order valence-corrected chi connectivity index (χ1v) is 23.6. The number of para-hydroxylation sites is 1. The minimum Gasteiger partial charge on any atom is -0.458 e. The lowest BCUT2D eigenvalue weighted by molar-refractivity contribution is -0.571. The molecule has 3 heterocycles. The second kappa shape index (κ2) is 16.4. The van der Waals surface area contributed by atoms with Crippen LogP contribution in [0.1, 0.15) is 63.7 Å². The number of hydrogen-bond donors (Lipinski definition) is 0. The smallest absolute Gasteiger partial charge is 0.269 e. The number of nitrogens with zero attached hydrogens (tertiary/aromatic N) is 4. The minimum absolute atomic E-state index is 0.133. The molecule has 13 rings (SSSR count). The third kappa shape index (κ3) is 6.91. The van der Waals surface area contributed by atoms with E-state index >= 15 is 0 Å². The summed E-state index contributed by atoms with van der Waals surface area (Å²) in [5, 5.41) is 2.09. The van der Waals surface area contributed by atoms with Crippen molar-refractivity contribution in [3.05, 3.63) is 259 Å². The van der Waals surface area contributed by atoms with E-state index in [0.29, 0.717) is 28.2 Å². The van der Waals surface area contributed by atoms with Gasteiger partial charge in [-0.25, -0.2) is 4.98 Å². The van der Waals surface area contributed by atoms with Crippen LogP contribution in [0.3, 0.4) is 0 Å². The summed E-state index contributed by atoms with van der Waals surface area (Å²) in [7, 11) is 0. The Morgan fingerprint density at radius 3 is 1.83 bits per heavy atom. The Labute approximate surface area is 428 Å². The summed E-state index contributed by atoms with van der Waals surface area (Å²) in [5.41, 5.74) is 9.58. The van der Waals surface area contributed by atoms with Crippen LogP contribution < -0.4 is 9.30 Å². The summed E-state index contributed by atoms with van der Waals surface area (Å²) in [5.74, 6) is 1.84. The fourth-order valence-electron chi connectivity index (χ4n) is 10.8. The summed E-state index contributed by atoms with van der Waals surface area (Å²) >= 11 is 0. The maximum absolute atomic E-state index is 9.29. The zero-order valence-corrected chi connectivity index (χ0v) is 39.4. The molecule has 1 aliphatic rings. The Kier molecular flexibility index (Phi) is 7.60. The molecule has 0 aliphatic heterocycles. The van der Waals surface area contributed by atoms with Gasteiger partial charge in [0.15, 0.2) is 0 Å². The number of fused-ring (bicyclic) bond motifs is 6. The van der Waals surface area contributed by atoms with Gasteiger partial charge in [-0.1, -0.05) is 179 Å². The van der Waals surface area contributed by atoms with Crippen molar-refractivity contribution in [2.75, 3.05) is 0 Å². The third-order valence-electron chi connectivity index (χ3n) is 14.3. The molecule has 1 aliphatic carbocycles. The van der Waals surface area contributed by atoms with Crippen molar-refractivity contribution in [2.24, 2.45) is 0 Å². The molecule has 5 nitrogen and oxygen atoms in total. The summed E-state index contributed by atoms with van der Waals surface area (Å²) in [4.78, 5) is 4.78. The lowest BCUT2D eigenvalue weighted by Crippen LogP contribution is -2.37. The van der Waals surface area contributed by atoms with Crippen LogP contribution in [-0.4, -0.2) is 14.1 Å². The molecule has 0 atom stereocenters. The minimum atomic E-state index is -0.570. The first-order chi connectivity index (χ1) is 38.9. The van der Waals surface area contributed by atoms with E-state index in [1.807, 2.05) is 83.4 Å². The summed E-state index contributed by atoms with van der Waals surface area (Å²) in [6.07, 6.45) is 5.42. The van der Waals surface area contributed by atoms with Gasteiger partial charge in [-0.2, -0.15) is 0 Å². The van der Waals surface area contributed by atoms with Crippen molar-refractivity contribution >= 4 is 32.8 Å². The van der Waals surface area contributed by atoms with Crippen LogP contribution >= 0.6 is 0 Å². The van der Waals surface area contributed by atoms with Crippen molar-refractivity contribution in [1.29, 1.82) is 0 Å². The molecule has 3 aromatic heterocycles. The quantitative estimate of drug-likeness (QED) is 0.112. The van der Waals surface area contributed by atoms with Crippen LogP contribution in [0.2, 0.25) is 0 Å². The highest BCUT2D eigenvalue weighted by atomic mass is 16.5. The molecular weight excluding hydrogens is 865 g/mol. The van der Waals surface area contributed by atoms with Crippen molar-refractivity contribution < 1.29 is 23.0 Å². The molecule has 0 fully saturated rings. The predicted octanol–water partition coefficient (Wildman–Crippen LogP) is 16.0. The van der Waals surface area contributed by atoms with E-state index in [9.17, 15) is 5.48 Å². The van der Waals surface area contributed by atoms with Gasteiger partial charge in [0.05, 0.1) is 47.1 Å². The fraction of sp³-hybridized carbons (Fsp3) is 0.0909. The molecule has 0 radical (unpaired) electrons. The molecule has 0 spiro atoms. The highest BCUT2D eigenvalue weighted by molar-refractivity contribution is 6.10. The summed E-state index contributed by atoms with van der Waals surface area (Å²) in [6.45, 7) is 8.79. The lowest BCUT2D eigenvalue weighted by atomic mass is 9.60. The van der Waals surface area contributed by atoms with Crippen LogP contribution in [0, 0.1) is 6.33 Å².